The van der Waals surface area contributed by atoms with Gasteiger partial charge in [0, 0.05) is 38.8 Å². The highest BCUT2D eigenvalue weighted by Gasteiger charge is 2.19. The molecule has 1 fully saturated rings. The molecule has 1 aromatic heterocycles. The van der Waals surface area contributed by atoms with Gasteiger partial charge in [-0.3, -0.25) is 0 Å². The van der Waals surface area contributed by atoms with E-state index >= 15 is 0 Å². The van der Waals surface area contributed by atoms with Crippen molar-refractivity contribution in [2.45, 2.75) is 38.8 Å². The third-order valence-corrected chi connectivity index (χ3v) is 3.95. The second-order valence-corrected chi connectivity index (χ2v) is 5.55. The number of piperidine rings is 1. The molecule has 5 nitrogen and oxygen atoms in total. The van der Waals surface area contributed by atoms with Crippen LogP contribution in [0.2, 0.25) is 0 Å². The molecule has 1 N–H and O–H groups in total. The first-order valence-corrected chi connectivity index (χ1v) is 7.08. The minimum absolute atomic E-state index is 0.435. The van der Waals surface area contributed by atoms with Crippen molar-refractivity contribution in [1.29, 1.82) is 0 Å². The predicted molar refractivity (Wildman–Crippen MR) is 79.9 cm³/mol. The summed E-state index contributed by atoms with van der Waals surface area (Å²) in [6.45, 7) is 6.50. The van der Waals surface area contributed by atoms with Crippen LogP contribution in [0.3, 0.4) is 0 Å². The average Bonchev–Trinajstić information content (AvgIpc) is 2.46. The number of nitrogens with zero attached hydrogens (tertiary/aromatic N) is 4. The zero-order chi connectivity index (χ0) is 13.8. The number of likely N-dealkylation sites (N-methyl/N-ethyl adjacent to an activating group) is 1. The molecule has 19 heavy (non-hydrogen) atoms. The second-order valence-electron chi connectivity index (χ2n) is 5.55. The zero-order valence-corrected chi connectivity index (χ0v) is 12.4. The van der Waals surface area contributed by atoms with E-state index in [0.717, 1.165) is 24.7 Å². The van der Waals surface area contributed by atoms with Gasteiger partial charge in [0.05, 0.1) is 0 Å². The summed E-state index contributed by atoms with van der Waals surface area (Å²) in [7, 11) is 4.19. The Morgan fingerprint density at radius 1 is 1.26 bits per heavy atom. The van der Waals surface area contributed by atoms with Crippen molar-refractivity contribution in [3.8, 4) is 0 Å². The fourth-order valence-electron chi connectivity index (χ4n) is 2.34. The summed E-state index contributed by atoms with van der Waals surface area (Å²) in [5, 5.41) is 3.45. The van der Waals surface area contributed by atoms with E-state index in [1.54, 1.807) is 6.33 Å². The van der Waals surface area contributed by atoms with Gasteiger partial charge >= 0.3 is 0 Å². The predicted octanol–water partition coefficient (Wildman–Crippen LogP) is 1.51. The van der Waals surface area contributed by atoms with Gasteiger partial charge < -0.3 is 15.1 Å². The molecule has 0 aliphatic carbocycles. The first-order valence-electron chi connectivity index (χ1n) is 7.08. The maximum absolute atomic E-state index is 4.42. The Morgan fingerprint density at radius 3 is 2.63 bits per heavy atom. The molecule has 2 heterocycles. The molecule has 106 valence electrons. The van der Waals surface area contributed by atoms with Crippen molar-refractivity contribution < 1.29 is 0 Å². The van der Waals surface area contributed by atoms with Crippen molar-refractivity contribution in [2.75, 3.05) is 37.0 Å². The first kappa shape index (κ1) is 14.1. The Labute approximate surface area is 116 Å². The monoisotopic (exact) mass is 263 g/mol. The molecule has 0 bridgehead atoms. The topological polar surface area (TPSA) is 44.3 Å². The Morgan fingerprint density at radius 2 is 2.00 bits per heavy atom. The van der Waals surface area contributed by atoms with Crippen LogP contribution in [0.15, 0.2) is 12.4 Å². The molecule has 0 spiro atoms. The summed E-state index contributed by atoms with van der Waals surface area (Å²) in [5.41, 5.74) is 0. The Kier molecular flexibility index (Phi) is 4.58. The van der Waals surface area contributed by atoms with Crippen molar-refractivity contribution in [2.24, 2.45) is 0 Å². The molecule has 0 aromatic carbocycles. The van der Waals surface area contributed by atoms with Gasteiger partial charge in [0.1, 0.15) is 18.0 Å². The van der Waals surface area contributed by atoms with Crippen LogP contribution in [0.5, 0.6) is 0 Å². The quantitative estimate of drug-likeness (QED) is 0.892. The van der Waals surface area contributed by atoms with E-state index in [1.807, 2.05) is 0 Å². The van der Waals surface area contributed by atoms with Gasteiger partial charge in [-0.1, -0.05) is 0 Å². The summed E-state index contributed by atoms with van der Waals surface area (Å²) >= 11 is 0. The highest BCUT2D eigenvalue weighted by molar-refractivity contribution is 5.50. The lowest BCUT2D eigenvalue weighted by Gasteiger charge is -2.33. The van der Waals surface area contributed by atoms with Gasteiger partial charge in [-0.2, -0.15) is 0 Å². The summed E-state index contributed by atoms with van der Waals surface area (Å²) in [4.78, 5) is 13.2. The van der Waals surface area contributed by atoms with Crippen LogP contribution < -0.4 is 15.1 Å². The minimum Gasteiger partial charge on any atom is -0.357 e. The van der Waals surface area contributed by atoms with E-state index in [9.17, 15) is 0 Å². The van der Waals surface area contributed by atoms with Gasteiger partial charge in [-0.15, -0.1) is 0 Å². The standard InChI is InChI=1S/C14H25N5/c1-11(2)18(3)13-8-14(17-10-16-13)19(4)12-6-5-7-15-9-12/h8,10-12,15H,5-7,9H2,1-4H3. The van der Waals surface area contributed by atoms with Gasteiger partial charge in [-0.25, -0.2) is 9.97 Å². The van der Waals surface area contributed by atoms with Crippen molar-refractivity contribution >= 4 is 11.6 Å². The van der Waals surface area contributed by atoms with Crippen LogP contribution in [0.4, 0.5) is 11.6 Å². The summed E-state index contributed by atoms with van der Waals surface area (Å²) in [5.74, 6) is 1.99. The fourth-order valence-corrected chi connectivity index (χ4v) is 2.34. The number of rotatable bonds is 4. The molecular weight excluding hydrogens is 238 g/mol. The molecule has 1 saturated heterocycles. The third kappa shape index (κ3) is 3.35. The van der Waals surface area contributed by atoms with Crippen LogP contribution in [0.25, 0.3) is 0 Å². The zero-order valence-electron chi connectivity index (χ0n) is 12.4. The lowest BCUT2D eigenvalue weighted by Crippen LogP contribution is -2.44. The van der Waals surface area contributed by atoms with Crippen LogP contribution in [-0.4, -0.2) is 49.2 Å². The molecule has 1 aliphatic heterocycles. The van der Waals surface area contributed by atoms with Crippen LogP contribution >= 0.6 is 0 Å². The van der Waals surface area contributed by atoms with Crippen LogP contribution in [-0.2, 0) is 0 Å². The van der Waals surface area contributed by atoms with E-state index < -0.39 is 0 Å². The normalized spacial score (nSPS) is 19.5. The van der Waals surface area contributed by atoms with Gasteiger partial charge in [0.15, 0.2) is 0 Å². The summed E-state index contributed by atoms with van der Waals surface area (Å²) < 4.78 is 0. The third-order valence-electron chi connectivity index (χ3n) is 3.95. The molecule has 1 atom stereocenters. The minimum atomic E-state index is 0.435. The number of aromatic nitrogens is 2. The lowest BCUT2D eigenvalue weighted by atomic mass is 10.1. The maximum atomic E-state index is 4.42. The van der Waals surface area contributed by atoms with E-state index in [4.69, 9.17) is 0 Å². The molecule has 1 aromatic rings. The van der Waals surface area contributed by atoms with Gasteiger partial charge in [-0.05, 0) is 33.2 Å². The lowest BCUT2D eigenvalue weighted by molar-refractivity contribution is 0.443. The van der Waals surface area contributed by atoms with E-state index in [1.165, 1.54) is 12.8 Å². The Balaban J connectivity index is 2.13. The molecule has 0 radical (unpaired) electrons. The Hall–Kier alpha value is -1.36. The van der Waals surface area contributed by atoms with Crippen LogP contribution in [0.1, 0.15) is 26.7 Å². The molecule has 0 amide bonds. The van der Waals surface area contributed by atoms with Crippen LogP contribution in [0, 0.1) is 0 Å². The SMILES string of the molecule is CC(C)N(C)c1cc(N(C)C2CCCNC2)ncn1. The summed E-state index contributed by atoms with van der Waals surface area (Å²) in [6, 6.07) is 3.04. The molecule has 1 unspecified atom stereocenters. The average molecular weight is 263 g/mol. The highest BCUT2D eigenvalue weighted by atomic mass is 15.2. The largest absolute Gasteiger partial charge is 0.357 e. The van der Waals surface area contributed by atoms with Crippen molar-refractivity contribution in [3.05, 3.63) is 12.4 Å². The number of anilines is 2. The van der Waals surface area contributed by atoms with E-state index in [-0.39, 0.29) is 0 Å². The first-order chi connectivity index (χ1) is 9.09. The molecule has 1 aliphatic rings. The van der Waals surface area contributed by atoms with Crippen molar-refractivity contribution in [1.82, 2.24) is 15.3 Å². The number of nitrogens with one attached hydrogen (secondary N) is 1. The maximum Gasteiger partial charge on any atom is 0.134 e. The second kappa shape index (κ2) is 6.19. The number of hydrogen-bond acceptors (Lipinski definition) is 5. The molecule has 2 rings (SSSR count). The van der Waals surface area contributed by atoms with Gasteiger partial charge in [0.25, 0.3) is 0 Å². The van der Waals surface area contributed by atoms with Gasteiger partial charge in [0.2, 0.25) is 0 Å². The van der Waals surface area contributed by atoms with E-state index in [0.29, 0.717) is 12.1 Å². The Bertz CT molecular complexity index is 401. The highest BCUT2D eigenvalue weighted by Crippen LogP contribution is 2.20. The van der Waals surface area contributed by atoms with Crippen molar-refractivity contribution in [3.63, 3.8) is 0 Å². The number of hydrogen-bond donors (Lipinski definition) is 1. The smallest absolute Gasteiger partial charge is 0.134 e. The molecular formula is C14H25N5. The summed E-state index contributed by atoms with van der Waals surface area (Å²) in [6.07, 6.45) is 4.12. The molecule has 5 heteroatoms. The van der Waals surface area contributed by atoms with E-state index in [2.05, 4.69) is 59.1 Å². The fraction of sp³-hybridized carbons (Fsp3) is 0.714. The molecule has 0 saturated carbocycles.